The number of Topliss-reactive ketones (excluding diaryl/α,β-unsaturated/α-hetero) is 1. The first-order valence-corrected chi connectivity index (χ1v) is 17.5. The summed E-state index contributed by atoms with van der Waals surface area (Å²) in [6.45, 7) is 22.2. The fraction of sp³-hybridized carbons (Fsp3) is 0.905. The monoisotopic (exact) mass is 474 g/mol. The van der Waals surface area contributed by atoms with Gasteiger partial charge in [0, 0.05) is 14.1 Å². The average molecular weight is 475 g/mol. The molecule has 0 aliphatic carbocycles. The van der Waals surface area contributed by atoms with Crippen LogP contribution in [0.1, 0.15) is 41.5 Å². The van der Waals surface area contributed by atoms with Crippen molar-refractivity contribution in [1.29, 1.82) is 0 Å². The van der Waals surface area contributed by atoms with Gasteiger partial charge in [0.05, 0.1) is 6.61 Å². The number of aliphatic imine (C=N–C) groups is 1. The first-order valence-electron chi connectivity index (χ1n) is 10.8. The molecule has 9 heteroatoms. The van der Waals surface area contributed by atoms with E-state index in [4.69, 9.17) is 18.6 Å². The predicted molar refractivity (Wildman–Crippen MR) is 131 cm³/mol. The van der Waals surface area contributed by atoms with Gasteiger partial charge in [-0.3, -0.25) is 9.79 Å². The molecule has 174 valence electrons. The third-order valence-corrected chi connectivity index (χ3v) is 17.2. The van der Waals surface area contributed by atoms with Gasteiger partial charge in [0.15, 0.2) is 27.6 Å². The Morgan fingerprint density at radius 2 is 1.57 bits per heavy atom. The van der Waals surface area contributed by atoms with Crippen LogP contribution in [0.2, 0.25) is 36.3 Å². The minimum atomic E-state index is -2.16. The lowest BCUT2D eigenvalue weighted by molar-refractivity contribution is -0.153. The summed E-state index contributed by atoms with van der Waals surface area (Å²) in [5, 5.41) is 0.967. The number of fused-ring (bicyclic) bond motifs is 1. The number of nitrogens with zero attached hydrogens (tertiary/aromatic N) is 2. The van der Waals surface area contributed by atoms with Crippen LogP contribution < -0.4 is 0 Å². The van der Waals surface area contributed by atoms with E-state index in [2.05, 4.69) is 67.7 Å². The molecular weight excluding hydrogens is 432 g/mol. The van der Waals surface area contributed by atoms with Crippen molar-refractivity contribution in [3.8, 4) is 0 Å². The minimum Gasteiger partial charge on any atom is -0.414 e. The normalized spacial score (nSPS) is 28.4. The van der Waals surface area contributed by atoms with Crippen LogP contribution in [0, 0.1) is 0 Å². The van der Waals surface area contributed by atoms with Crippen molar-refractivity contribution in [1.82, 2.24) is 4.90 Å². The van der Waals surface area contributed by atoms with Crippen LogP contribution in [0.25, 0.3) is 0 Å². The summed E-state index contributed by atoms with van der Waals surface area (Å²) in [6.07, 6.45) is -1.19. The number of hydrogen-bond acceptors (Lipinski definition) is 7. The second-order valence-electron chi connectivity index (χ2n) is 11.7. The van der Waals surface area contributed by atoms with Crippen molar-refractivity contribution in [2.45, 2.75) is 101 Å². The molecule has 0 radical (unpaired) electrons. The van der Waals surface area contributed by atoms with Gasteiger partial charge in [-0.05, 0) is 36.3 Å². The number of carbonyl (C=O) groups is 1. The van der Waals surface area contributed by atoms with Crippen LogP contribution in [-0.2, 0) is 18.4 Å². The second-order valence-corrected chi connectivity index (χ2v) is 22.3. The fourth-order valence-electron chi connectivity index (χ4n) is 2.76. The topological polar surface area (TPSA) is 60.4 Å². The van der Waals surface area contributed by atoms with Crippen LogP contribution in [-0.4, -0.2) is 76.9 Å². The molecule has 0 saturated carbocycles. The number of amidine groups is 1. The molecule has 1 fully saturated rings. The van der Waals surface area contributed by atoms with Crippen LogP contribution in [0.3, 0.4) is 0 Å². The zero-order valence-corrected chi connectivity index (χ0v) is 23.8. The van der Waals surface area contributed by atoms with Crippen molar-refractivity contribution in [2.75, 3.05) is 20.7 Å². The molecule has 0 aromatic carbocycles. The maximum absolute atomic E-state index is 13.5. The smallest absolute Gasteiger partial charge is 0.193 e. The van der Waals surface area contributed by atoms with Gasteiger partial charge in [-0.1, -0.05) is 53.3 Å². The van der Waals surface area contributed by atoms with Gasteiger partial charge < -0.3 is 18.5 Å². The zero-order valence-electron chi connectivity index (χ0n) is 21.0. The van der Waals surface area contributed by atoms with Gasteiger partial charge in [0.25, 0.3) is 0 Å². The van der Waals surface area contributed by atoms with Gasteiger partial charge in [-0.15, -0.1) is 0 Å². The Kier molecular flexibility index (Phi) is 7.49. The van der Waals surface area contributed by atoms with Crippen LogP contribution >= 0.6 is 11.8 Å². The van der Waals surface area contributed by atoms with Crippen LogP contribution in [0.4, 0.5) is 0 Å². The molecule has 2 aliphatic heterocycles. The third-order valence-electron chi connectivity index (χ3n) is 6.98. The maximum atomic E-state index is 13.5. The van der Waals surface area contributed by atoms with Gasteiger partial charge in [0.1, 0.15) is 23.7 Å². The van der Waals surface area contributed by atoms with Gasteiger partial charge in [-0.25, -0.2) is 0 Å². The molecule has 4 atom stereocenters. The van der Waals surface area contributed by atoms with E-state index in [0.29, 0.717) is 0 Å². The summed E-state index contributed by atoms with van der Waals surface area (Å²) >= 11 is 1.58. The molecule has 1 saturated heterocycles. The highest BCUT2D eigenvalue weighted by Crippen LogP contribution is 2.43. The standard InChI is InChI=1S/C21H42N2O4SSi2/c1-20(2,3)29(9,10)25-13-14-16(24)17(27-30(11,12)21(4,5)6)15-18(26-14)28-19(22-15)23(7)8/h14-15,17-18H,13H2,1-12H3/t14-,15-,17-,18-/m1/s1. The largest absolute Gasteiger partial charge is 0.414 e. The Hall–Kier alpha value is -0.196. The molecule has 0 amide bonds. The Bertz CT molecular complexity index is 683. The van der Waals surface area contributed by atoms with Crippen molar-refractivity contribution in [3.63, 3.8) is 0 Å². The predicted octanol–water partition coefficient (Wildman–Crippen LogP) is 4.73. The lowest BCUT2D eigenvalue weighted by atomic mass is 10.0. The van der Waals surface area contributed by atoms with Crippen LogP contribution in [0.15, 0.2) is 4.99 Å². The molecule has 2 heterocycles. The molecule has 2 rings (SSSR count). The van der Waals surface area contributed by atoms with Crippen molar-refractivity contribution in [2.24, 2.45) is 4.99 Å². The van der Waals surface area contributed by atoms with Crippen molar-refractivity contribution < 1.29 is 18.4 Å². The number of ether oxygens (including phenoxy) is 1. The molecule has 0 aromatic heterocycles. The molecule has 30 heavy (non-hydrogen) atoms. The summed E-state index contributed by atoms with van der Waals surface area (Å²) in [6, 6.07) is -0.307. The highest BCUT2D eigenvalue weighted by atomic mass is 32.2. The van der Waals surface area contributed by atoms with Gasteiger partial charge in [0.2, 0.25) is 0 Å². The van der Waals surface area contributed by atoms with Crippen molar-refractivity contribution >= 4 is 39.3 Å². The Labute approximate surface area is 189 Å². The molecule has 0 spiro atoms. The Morgan fingerprint density at radius 1 is 1.03 bits per heavy atom. The summed E-state index contributed by atoms with van der Waals surface area (Å²) in [5.74, 6) is -0.0239. The molecular formula is C21H42N2O4SSi2. The van der Waals surface area contributed by atoms with E-state index >= 15 is 0 Å². The first kappa shape index (κ1) is 26.1. The number of thioether (sulfide) groups is 1. The van der Waals surface area contributed by atoms with E-state index in [1.165, 1.54) is 0 Å². The first-order chi connectivity index (χ1) is 13.4. The van der Waals surface area contributed by atoms with Gasteiger partial charge in [-0.2, -0.15) is 0 Å². The number of hydrogen-bond donors (Lipinski definition) is 0. The summed E-state index contributed by atoms with van der Waals surface area (Å²) in [5.41, 5.74) is -0.220. The second kappa shape index (κ2) is 8.63. The molecule has 2 aliphatic rings. The lowest BCUT2D eigenvalue weighted by Gasteiger charge is -2.44. The quantitative estimate of drug-likeness (QED) is 0.537. The Balaban J connectivity index is 2.28. The number of ketones is 1. The summed E-state index contributed by atoms with van der Waals surface area (Å²) < 4.78 is 19.3. The third kappa shape index (κ3) is 5.40. The molecule has 0 unspecified atom stereocenters. The molecule has 6 nitrogen and oxygen atoms in total. The fourth-order valence-corrected chi connectivity index (χ4v) is 6.14. The van der Waals surface area contributed by atoms with Crippen molar-refractivity contribution in [3.05, 3.63) is 0 Å². The van der Waals surface area contributed by atoms with E-state index in [1.54, 1.807) is 11.8 Å². The van der Waals surface area contributed by atoms with E-state index in [-0.39, 0.29) is 33.9 Å². The summed E-state index contributed by atoms with van der Waals surface area (Å²) in [7, 11) is -0.223. The molecule has 0 N–H and O–H groups in total. The SMILES string of the molecule is CN(C)C1=N[C@H]2[C@H](O[C@H](CO[Si](C)(C)C(C)(C)C)C(=O)[C@@H]2O[Si](C)(C)C(C)(C)C)S1. The minimum absolute atomic E-state index is 0.00799. The molecule has 0 bridgehead atoms. The Morgan fingerprint density at radius 3 is 2.03 bits per heavy atom. The highest BCUT2D eigenvalue weighted by molar-refractivity contribution is 8.14. The average Bonchev–Trinajstić information content (AvgIpc) is 2.98. The van der Waals surface area contributed by atoms with E-state index in [1.807, 2.05) is 19.0 Å². The van der Waals surface area contributed by atoms with E-state index in [9.17, 15) is 4.79 Å². The van der Waals surface area contributed by atoms with E-state index < -0.39 is 28.8 Å². The maximum Gasteiger partial charge on any atom is 0.193 e. The molecule has 0 aromatic rings. The van der Waals surface area contributed by atoms with Crippen LogP contribution in [0.5, 0.6) is 0 Å². The number of rotatable bonds is 5. The lowest BCUT2D eigenvalue weighted by Crippen LogP contribution is -2.59. The zero-order chi connectivity index (χ0) is 23.3. The summed E-state index contributed by atoms with van der Waals surface area (Å²) in [4.78, 5) is 20.3. The number of carbonyl (C=O) groups excluding carboxylic acids is 1. The van der Waals surface area contributed by atoms with E-state index in [0.717, 1.165) is 5.17 Å². The highest BCUT2D eigenvalue weighted by Gasteiger charge is 2.53. The van der Waals surface area contributed by atoms with Gasteiger partial charge >= 0.3 is 0 Å².